The van der Waals surface area contributed by atoms with Gasteiger partial charge in [-0.3, -0.25) is 0 Å². The number of benzene rings is 1. The summed E-state index contributed by atoms with van der Waals surface area (Å²) in [6.45, 7) is -0.387. The summed E-state index contributed by atoms with van der Waals surface area (Å²) >= 11 is 0. The van der Waals surface area contributed by atoms with Crippen LogP contribution < -0.4 is 4.74 Å². The lowest BCUT2D eigenvalue weighted by atomic mass is 10.3. The first-order chi connectivity index (χ1) is 7.36. The number of hydrogen-bond donors (Lipinski definition) is 0. The number of hydrogen-bond acceptors (Lipinski definition) is 4. The van der Waals surface area contributed by atoms with Gasteiger partial charge in [-0.2, -0.15) is 0 Å². The van der Waals surface area contributed by atoms with Crippen LogP contribution in [0.4, 0.5) is 8.78 Å². The average molecular weight is 273 g/mol. The summed E-state index contributed by atoms with van der Waals surface area (Å²) < 4.78 is 57.2. The van der Waals surface area contributed by atoms with Gasteiger partial charge >= 0.3 is 0 Å². The Morgan fingerprint density at radius 3 is 2.50 bits per heavy atom. The Morgan fingerprint density at radius 1 is 1.38 bits per heavy atom. The van der Waals surface area contributed by atoms with Crippen molar-refractivity contribution in [2.45, 2.75) is 4.90 Å². The molecule has 0 heterocycles. The lowest BCUT2D eigenvalue weighted by Crippen LogP contribution is -2.06. The fourth-order valence-corrected chi connectivity index (χ4v) is 1.95. The number of rotatable bonds is 4. The molecular weight excluding hydrogens is 266 g/mol. The van der Waals surface area contributed by atoms with Gasteiger partial charge in [0.2, 0.25) is 0 Å². The molecule has 1 aromatic rings. The summed E-state index contributed by atoms with van der Waals surface area (Å²) in [4.78, 5) is -0.774. The van der Waals surface area contributed by atoms with E-state index in [0.29, 0.717) is 12.1 Å². The molecule has 0 atom stereocenters. The first-order valence-electron chi connectivity index (χ1n) is 3.91. The van der Waals surface area contributed by atoms with Crippen LogP contribution in [0.15, 0.2) is 17.0 Å². The van der Waals surface area contributed by atoms with E-state index in [4.69, 9.17) is 10.7 Å². The number of methoxy groups -OCH3 is 1. The normalized spacial score (nSPS) is 11.5. The Hall–Kier alpha value is -0.920. The van der Waals surface area contributed by atoms with E-state index in [1.807, 2.05) is 0 Å². The van der Waals surface area contributed by atoms with Crippen LogP contribution in [0.25, 0.3) is 0 Å². The summed E-state index contributed by atoms with van der Waals surface area (Å²) in [5, 5.41) is 0. The van der Waals surface area contributed by atoms with Gasteiger partial charge in [0.05, 0.1) is 0 Å². The molecule has 4 nitrogen and oxygen atoms in total. The van der Waals surface area contributed by atoms with E-state index in [-0.39, 0.29) is 6.79 Å². The van der Waals surface area contributed by atoms with E-state index < -0.39 is 31.3 Å². The molecule has 90 valence electrons. The van der Waals surface area contributed by atoms with Crippen molar-refractivity contribution in [1.82, 2.24) is 0 Å². The van der Waals surface area contributed by atoms with E-state index >= 15 is 0 Å². The first kappa shape index (κ1) is 13.1. The molecule has 0 fully saturated rings. The largest absolute Gasteiger partial charge is 0.463 e. The molecule has 0 aliphatic heterocycles. The van der Waals surface area contributed by atoms with Crippen molar-refractivity contribution in [2.24, 2.45) is 0 Å². The topological polar surface area (TPSA) is 52.6 Å². The zero-order valence-electron chi connectivity index (χ0n) is 8.04. The van der Waals surface area contributed by atoms with Crippen LogP contribution in [0.1, 0.15) is 0 Å². The molecular formula is C8H7ClF2O4S. The molecule has 0 aliphatic rings. The van der Waals surface area contributed by atoms with E-state index in [2.05, 4.69) is 9.47 Å². The first-order valence-corrected chi connectivity index (χ1v) is 6.22. The van der Waals surface area contributed by atoms with Crippen LogP contribution >= 0.6 is 10.7 Å². The maximum Gasteiger partial charge on any atom is 0.265 e. The summed E-state index contributed by atoms with van der Waals surface area (Å²) in [5.74, 6) is -2.91. The van der Waals surface area contributed by atoms with Gasteiger partial charge < -0.3 is 9.47 Å². The molecule has 0 amide bonds. The lowest BCUT2D eigenvalue weighted by molar-refractivity contribution is 0.0459. The Labute approximate surface area is 95.2 Å². The summed E-state index contributed by atoms with van der Waals surface area (Å²) in [5.41, 5.74) is 0. The fraction of sp³-hybridized carbons (Fsp3) is 0.250. The van der Waals surface area contributed by atoms with Crippen LogP contribution in [0.5, 0.6) is 5.75 Å². The van der Waals surface area contributed by atoms with E-state index in [1.165, 1.54) is 7.11 Å². The second kappa shape index (κ2) is 4.94. The van der Waals surface area contributed by atoms with Crippen LogP contribution in [0.2, 0.25) is 0 Å². The highest BCUT2D eigenvalue weighted by molar-refractivity contribution is 8.13. The van der Waals surface area contributed by atoms with Gasteiger partial charge in [0, 0.05) is 23.9 Å². The van der Waals surface area contributed by atoms with Gasteiger partial charge in [-0.15, -0.1) is 0 Å². The minimum absolute atomic E-state index is 0.387. The third-order valence-electron chi connectivity index (χ3n) is 1.56. The molecule has 16 heavy (non-hydrogen) atoms. The van der Waals surface area contributed by atoms with E-state index in [9.17, 15) is 17.2 Å². The van der Waals surface area contributed by atoms with Crippen LogP contribution in [0.3, 0.4) is 0 Å². The molecule has 0 aliphatic carbocycles. The summed E-state index contributed by atoms with van der Waals surface area (Å²) in [6.07, 6.45) is 0. The Balaban J connectivity index is 3.33. The highest BCUT2D eigenvalue weighted by Crippen LogP contribution is 2.30. The van der Waals surface area contributed by atoms with Crippen molar-refractivity contribution in [3.63, 3.8) is 0 Å². The predicted octanol–water partition coefficient (Wildman–Crippen LogP) is 1.88. The molecule has 1 rings (SSSR count). The van der Waals surface area contributed by atoms with Crippen molar-refractivity contribution in [1.29, 1.82) is 0 Å². The van der Waals surface area contributed by atoms with Gasteiger partial charge in [-0.25, -0.2) is 17.2 Å². The quantitative estimate of drug-likeness (QED) is 0.620. The average Bonchev–Trinajstić information content (AvgIpc) is 2.14. The van der Waals surface area contributed by atoms with Gasteiger partial charge in [0.25, 0.3) is 9.05 Å². The molecule has 0 unspecified atom stereocenters. The molecule has 8 heteroatoms. The molecule has 1 aromatic carbocycles. The fourth-order valence-electron chi connectivity index (χ4n) is 0.976. The zero-order valence-corrected chi connectivity index (χ0v) is 9.61. The highest BCUT2D eigenvalue weighted by atomic mass is 35.7. The van der Waals surface area contributed by atoms with Crippen molar-refractivity contribution in [3.8, 4) is 5.75 Å². The Morgan fingerprint density at radius 2 is 2.00 bits per heavy atom. The van der Waals surface area contributed by atoms with Gasteiger partial charge in [0.15, 0.2) is 18.4 Å². The van der Waals surface area contributed by atoms with Gasteiger partial charge in [-0.1, -0.05) is 0 Å². The predicted molar refractivity (Wildman–Crippen MR) is 51.9 cm³/mol. The summed E-state index contributed by atoms with van der Waals surface area (Å²) in [6, 6.07) is 1.05. The lowest BCUT2D eigenvalue weighted by Gasteiger charge is -2.09. The SMILES string of the molecule is COCOc1c(F)cc(F)cc1S(=O)(=O)Cl. The molecule has 0 N–H and O–H groups in total. The zero-order chi connectivity index (χ0) is 12.3. The number of ether oxygens (including phenoxy) is 2. The molecule has 0 saturated heterocycles. The van der Waals surface area contributed by atoms with E-state index in [0.717, 1.165) is 0 Å². The smallest absolute Gasteiger partial charge is 0.265 e. The monoisotopic (exact) mass is 272 g/mol. The molecule has 0 bridgehead atoms. The van der Waals surface area contributed by atoms with Crippen LogP contribution in [-0.2, 0) is 13.8 Å². The minimum atomic E-state index is -4.30. The Kier molecular flexibility index (Phi) is 4.06. The standard InChI is InChI=1S/C8H7ClF2O4S/c1-14-4-15-8-6(11)2-5(10)3-7(8)16(9,12)13/h2-3H,4H2,1H3. The van der Waals surface area contributed by atoms with E-state index in [1.54, 1.807) is 0 Å². The maximum absolute atomic E-state index is 13.2. The molecule has 0 aromatic heterocycles. The third-order valence-corrected chi connectivity index (χ3v) is 2.89. The highest BCUT2D eigenvalue weighted by Gasteiger charge is 2.22. The third kappa shape index (κ3) is 3.03. The van der Waals surface area contributed by atoms with Crippen molar-refractivity contribution < 1.29 is 26.7 Å². The van der Waals surface area contributed by atoms with Crippen molar-refractivity contribution in [2.75, 3.05) is 13.9 Å². The Bertz CT molecular complexity index is 489. The second-order valence-electron chi connectivity index (χ2n) is 2.70. The van der Waals surface area contributed by atoms with Crippen molar-refractivity contribution in [3.05, 3.63) is 23.8 Å². The second-order valence-corrected chi connectivity index (χ2v) is 5.24. The molecule has 0 radical (unpaired) electrons. The van der Waals surface area contributed by atoms with Crippen LogP contribution in [-0.4, -0.2) is 22.3 Å². The molecule has 0 saturated carbocycles. The maximum atomic E-state index is 13.2. The van der Waals surface area contributed by atoms with Gasteiger partial charge in [0.1, 0.15) is 10.7 Å². The van der Waals surface area contributed by atoms with Gasteiger partial charge in [-0.05, 0) is 6.07 Å². The van der Waals surface area contributed by atoms with Crippen molar-refractivity contribution >= 4 is 19.7 Å². The minimum Gasteiger partial charge on any atom is -0.463 e. The summed E-state index contributed by atoms with van der Waals surface area (Å²) in [7, 11) is 1.97. The van der Waals surface area contributed by atoms with Crippen LogP contribution in [0, 0.1) is 11.6 Å². The molecule has 0 spiro atoms. The number of halogens is 3.